The van der Waals surface area contributed by atoms with Crippen molar-refractivity contribution < 1.29 is 4.79 Å². The van der Waals surface area contributed by atoms with Gasteiger partial charge in [-0.2, -0.15) is 5.10 Å². The molecule has 0 spiro atoms. The summed E-state index contributed by atoms with van der Waals surface area (Å²) < 4.78 is 3.52. The molecule has 2 aromatic heterocycles. The second-order valence-electron chi connectivity index (χ2n) is 7.12. The third kappa shape index (κ3) is 3.37. The molecule has 3 heterocycles. The fraction of sp³-hybridized carbons (Fsp3) is 0.400. The van der Waals surface area contributed by atoms with E-state index < -0.39 is 0 Å². The molecule has 3 aromatic rings. The molecule has 4 rings (SSSR count). The zero-order valence-electron chi connectivity index (χ0n) is 15.7. The number of carbonyl (C=O) groups excluding carboxylic acids is 1. The Morgan fingerprint density at radius 1 is 1.26 bits per heavy atom. The van der Waals surface area contributed by atoms with Gasteiger partial charge in [-0.1, -0.05) is 6.42 Å². The summed E-state index contributed by atoms with van der Waals surface area (Å²) in [5.74, 6) is 0.644. The standard InChI is InChI=1S/C20H23N5O2/c1-13-15(12-24(2)23-13)11-21-19(26)14-7-8-16-17(10-14)22-18-6-4-3-5-9-25(18)20(16)27/h7-8,10,12H,3-6,9,11H2,1-2H3,(H,21,26). The molecule has 1 amide bonds. The molecule has 0 atom stereocenters. The molecular formula is C20H23N5O2. The molecule has 1 aromatic carbocycles. The number of nitrogens with one attached hydrogen (secondary N) is 1. The number of hydrogen-bond acceptors (Lipinski definition) is 4. The van der Waals surface area contributed by atoms with E-state index in [2.05, 4.69) is 15.4 Å². The van der Waals surface area contributed by atoms with Gasteiger partial charge in [0.25, 0.3) is 11.5 Å². The van der Waals surface area contributed by atoms with Gasteiger partial charge in [-0.3, -0.25) is 18.8 Å². The zero-order valence-corrected chi connectivity index (χ0v) is 15.7. The fourth-order valence-electron chi connectivity index (χ4n) is 3.66. The minimum Gasteiger partial charge on any atom is -0.348 e. The molecule has 0 radical (unpaired) electrons. The molecule has 1 N–H and O–H groups in total. The number of rotatable bonds is 3. The van der Waals surface area contributed by atoms with Crippen LogP contribution in [0, 0.1) is 6.92 Å². The molecule has 0 fully saturated rings. The molecule has 7 nitrogen and oxygen atoms in total. The third-order valence-electron chi connectivity index (χ3n) is 5.13. The van der Waals surface area contributed by atoms with Crippen molar-refractivity contribution in [3.63, 3.8) is 0 Å². The van der Waals surface area contributed by atoms with E-state index in [0.29, 0.717) is 23.0 Å². The summed E-state index contributed by atoms with van der Waals surface area (Å²) in [5, 5.41) is 7.77. The monoisotopic (exact) mass is 365 g/mol. The van der Waals surface area contributed by atoms with Gasteiger partial charge in [0.2, 0.25) is 0 Å². The van der Waals surface area contributed by atoms with E-state index in [0.717, 1.165) is 49.3 Å². The van der Waals surface area contributed by atoms with E-state index in [1.165, 1.54) is 0 Å². The summed E-state index contributed by atoms with van der Waals surface area (Å²) >= 11 is 0. The van der Waals surface area contributed by atoms with Crippen molar-refractivity contribution in [1.82, 2.24) is 24.6 Å². The first-order valence-corrected chi connectivity index (χ1v) is 9.34. The maximum atomic E-state index is 12.8. The molecule has 1 aliphatic rings. The number of hydrogen-bond donors (Lipinski definition) is 1. The lowest BCUT2D eigenvalue weighted by atomic mass is 10.1. The van der Waals surface area contributed by atoms with E-state index in [1.54, 1.807) is 27.4 Å². The average Bonchev–Trinajstić information content (AvgIpc) is 2.83. The number of nitrogens with zero attached hydrogens (tertiary/aromatic N) is 4. The Hall–Kier alpha value is -2.96. The Bertz CT molecular complexity index is 1080. The first-order valence-electron chi connectivity index (χ1n) is 9.34. The average molecular weight is 365 g/mol. The molecular weight excluding hydrogens is 342 g/mol. The highest BCUT2D eigenvalue weighted by Gasteiger charge is 2.15. The Balaban J connectivity index is 1.62. The molecule has 27 heavy (non-hydrogen) atoms. The van der Waals surface area contributed by atoms with Crippen LogP contribution in [0.5, 0.6) is 0 Å². The first kappa shape index (κ1) is 17.5. The van der Waals surface area contributed by atoms with Gasteiger partial charge < -0.3 is 5.32 Å². The van der Waals surface area contributed by atoms with Gasteiger partial charge in [-0.25, -0.2) is 4.98 Å². The SMILES string of the molecule is Cc1nn(C)cc1CNC(=O)c1ccc2c(=O)n3c(nc2c1)CCCCC3. The minimum absolute atomic E-state index is 0.00478. The Morgan fingerprint density at radius 3 is 2.89 bits per heavy atom. The lowest BCUT2D eigenvalue weighted by Gasteiger charge is -2.11. The second-order valence-corrected chi connectivity index (χ2v) is 7.12. The summed E-state index contributed by atoms with van der Waals surface area (Å²) in [6, 6.07) is 5.13. The van der Waals surface area contributed by atoms with Gasteiger partial charge in [0.1, 0.15) is 5.82 Å². The van der Waals surface area contributed by atoms with Crippen molar-refractivity contribution in [3.05, 3.63) is 57.4 Å². The number of aromatic nitrogens is 4. The van der Waals surface area contributed by atoms with Crippen LogP contribution >= 0.6 is 0 Å². The molecule has 0 saturated carbocycles. The number of aryl methyl sites for hydroxylation is 3. The van der Waals surface area contributed by atoms with Gasteiger partial charge >= 0.3 is 0 Å². The quantitative estimate of drug-likeness (QED) is 0.771. The molecule has 1 aliphatic heterocycles. The van der Waals surface area contributed by atoms with Crippen LogP contribution in [-0.2, 0) is 26.6 Å². The summed E-state index contributed by atoms with van der Waals surface area (Å²) in [6.07, 6.45) is 5.87. The zero-order chi connectivity index (χ0) is 19.0. The van der Waals surface area contributed by atoms with Crippen molar-refractivity contribution in [3.8, 4) is 0 Å². The van der Waals surface area contributed by atoms with Gasteiger partial charge in [0.05, 0.1) is 16.6 Å². The van der Waals surface area contributed by atoms with Crippen molar-refractivity contribution in [2.24, 2.45) is 7.05 Å². The van der Waals surface area contributed by atoms with Gasteiger partial charge in [0, 0.05) is 43.9 Å². The molecule has 0 aliphatic carbocycles. The number of fused-ring (bicyclic) bond motifs is 2. The smallest absolute Gasteiger partial charge is 0.261 e. The highest BCUT2D eigenvalue weighted by Crippen LogP contribution is 2.16. The molecule has 140 valence electrons. The van der Waals surface area contributed by atoms with Crippen molar-refractivity contribution in [2.75, 3.05) is 0 Å². The molecule has 0 bridgehead atoms. The Kier molecular flexibility index (Phi) is 4.51. The minimum atomic E-state index is -0.183. The molecule has 0 saturated heterocycles. The highest BCUT2D eigenvalue weighted by molar-refractivity contribution is 5.97. The van der Waals surface area contributed by atoms with Gasteiger partial charge in [0.15, 0.2) is 0 Å². The van der Waals surface area contributed by atoms with Crippen molar-refractivity contribution in [2.45, 2.75) is 45.7 Å². The third-order valence-corrected chi connectivity index (χ3v) is 5.13. The molecule has 0 unspecified atom stereocenters. The van der Waals surface area contributed by atoms with Gasteiger partial charge in [-0.05, 0) is 38.0 Å². The summed E-state index contributed by atoms with van der Waals surface area (Å²) in [7, 11) is 1.86. The van der Waals surface area contributed by atoms with Crippen LogP contribution in [0.15, 0.2) is 29.2 Å². The fourth-order valence-corrected chi connectivity index (χ4v) is 3.66. The normalized spacial score (nSPS) is 14.0. The summed E-state index contributed by atoms with van der Waals surface area (Å²) in [5.41, 5.74) is 2.98. The van der Waals surface area contributed by atoms with Crippen molar-refractivity contribution in [1.29, 1.82) is 0 Å². The van der Waals surface area contributed by atoms with Crippen LogP contribution in [0.25, 0.3) is 10.9 Å². The topological polar surface area (TPSA) is 81.8 Å². The summed E-state index contributed by atoms with van der Waals surface area (Å²) in [6.45, 7) is 3.06. The Morgan fingerprint density at radius 2 is 2.11 bits per heavy atom. The molecule has 7 heteroatoms. The van der Waals surface area contributed by atoms with E-state index in [-0.39, 0.29) is 11.5 Å². The van der Waals surface area contributed by atoms with E-state index >= 15 is 0 Å². The van der Waals surface area contributed by atoms with Crippen LogP contribution in [0.2, 0.25) is 0 Å². The van der Waals surface area contributed by atoms with Crippen LogP contribution < -0.4 is 10.9 Å². The van der Waals surface area contributed by atoms with Crippen LogP contribution in [0.3, 0.4) is 0 Å². The summed E-state index contributed by atoms with van der Waals surface area (Å²) in [4.78, 5) is 30.0. The van der Waals surface area contributed by atoms with E-state index in [1.807, 2.05) is 20.2 Å². The predicted molar refractivity (Wildman–Crippen MR) is 103 cm³/mol. The van der Waals surface area contributed by atoms with E-state index in [4.69, 9.17) is 0 Å². The first-order chi connectivity index (χ1) is 13.0. The number of amides is 1. The maximum absolute atomic E-state index is 12.8. The van der Waals surface area contributed by atoms with Crippen molar-refractivity contribution >= 4 is 16.8 Å². The van der Waals surface area contributed by atoms with Crippen LogP contribution in [0.1, 0.15) is 46.7 Å². The van der Waals surface area contributed by atoms with Gasteiger partial charge in [-0.15, -0.1) is 0 Å². The highest BCUT2D eigenvalue weighted by atomic mass is 16.1. The predicted octanol–water partition coefficient (Wildman–Crippen LogP) is 2.09. The van der Waals surface area contributed by atoms with Crippen LogP contribution in [0.4, 0.5) is 0 Å². The lowest BCUT2D eigenvalue weighted by Crippen LogP contribution is -2.25. The van der Waals surface area contributed by atoms with E-state index in [9.17, 15) is 9.59 Å². The Labute approximate surface area is 157 Å². The largest absolute Gasteiger partial charge is 0.348 e. The number of benzene rings is 1. The number of carbonyl (C=O) groups is 1. The second kappa shape index (κ2) is 6.98. The van der Waals surface area contributed by atoms with Crippen LogP contribution in [-0.4, -0.2) is 25.2 Å². The lowest BCUT2D eigenvalue weighted by molar-refractivity contribution is 0.0951. The maximum Gasteiger partial charge on any atom is 0.261 e.